The molecule has 3 rings (SSSR count). The number of nitrogens with one attached hydrogen (secondary N) is 2. The van der Waals surface area contributed by atoms with Crippen LogP contribution in [0.5, 0.6) is 0 Å². The number of amides is 2. The molecule has 29 heavy (non-hydrogen) atoms. The molecule has 0 aliphatic heterocycles. The molecule has 0 aliphatic carbocycles. The van der Waals surface area contributed by atoms with E-state index in [1.807, 2.05) is 20.8 Å². The van der Waals surface area contributed by atoms with Crippen molar-refractivity contribution in [1.82, 2.24) is 15.1 Å². The molecule has 9 heteroatoms. The summed E-state index contributed by atoms with van der Waals surface area (Å²) in [5, 5.41) is 10.3. The topological polar surface area (TPSA) is 85.0 Å². The summed E-state index contributed by atoms with van der Waals surface area (Å²) < 4.78 is 29.1. The van der Waals surface area contributed by atoms with Crippen molar-refractivity contribution in [2.45, 2.75) is 26.3 Å². The van der Waals surface area contributed by atoms with E-state index in [1.165, 1.54) is 0 Å². The largest absolute Gasteiger partial charge is 0.382 e. The van der Waals surface area contributed by atoms with Crippen molar-refractivity contribution in [3.8, 4) is 16.9 Å². The highest BCUT2D eigenvalue weighted by Gasteiger charge is 2.23. The number of carbonyl (C=O) groups excluding carboxylic acids is 1. The van der Waals surface area contributed by atoms with Gasteiger partial charge in [-0.1, -0.05) is 23.7 Å². The summed E-state index contributed by atoms with van der Waals surface area (Å²) in [6, 6.07) is 9.10. The van der Waals surface area contributed by atoms with E-state index in [1.54, 1.807) is 24.3 Å². The number of hydrogen-bond donors (Lipinski definition) is 3. The van der Waals surface area contributed by atoms with E-state index >= 15 is 0 Å². The van der Waals surface area contributed by atoms with Crippen LogP contribution in [0.2, 0.25) is 5.02 Å². The smallest absolute Gasteiger partial charge is 0.319 e. The molecule has 1 aromatic heterocycles. The first-order chi connectivity index (χ1) is 13.5. The lowest BCUT2D eigenvalue weighted by Gasteiger charge is -2.20. The molecule has 6 nitrogen and oxygen atoms in total. The van der Waals surface area contributed by atoms with Gasteiger partial charge in [0.15, 0.2) is 5.82 Å². The number of rotatable bonds is 3. The Balaban J connectivity index is 2.14. The normalized spacial score (nSPS) is 11.4. The molecular formula is C20H20ClF2N5O. The Hall–Kier alpha value is -3.13. The summed E-state index contributed by atoms with van der Waals surface area (Å²) in [5.74, 6) is -1.42. The molecule has 0 spiro atoms. The number of carbonyl (C=O) groups is 1. The van der Waals surface area contributed by atoms with Crippen molar-refractivity contribution < 1.29 is 13.6 Å². The van der Waals surface area contributed by atoms with Gasteiger partial charge in [0.1, 0.15) is 28.7 Å². The second-order valence-electron chi connectivity index (χ2n) is 7.45. The molecule has 0 fully saturated rings. The van der Waals surface area contributed by atoms with E-state index < -0.39 is 23.2 Å². The van der Waals surface area contributed by atoms with Crippen molar-refractivity contribution in [2.75, 3.05) is 11.1 Å². The number of urea groups is 1. The Morgan fingerprint density at radius 2 is 1.79 bits per heavy atom. The Morgan fingerprint density at radius 3 is 2.41 bits per heavy atom. The molecule has 0 aliphatic rings. The van der Waals surface area contributed by atoms with E-state index in [0.717, 1.165) is 22.9 Å². The summed E-state index contributed by atoms with van der Waals surface area (Å²) in [7, 11) is 0. The summed E-state index contributed by atoms with van der Waals surface area (Å²) in [6.07, 6.45) is 0. The molecule has 3 aromatic rings. The first-order valence-corrected chi connectivity index (χ1v) is 9.12. The Morgan fingerprint density at radius 1 is 1.14 bits per heavy atom. The molecular weight excluding hydrogens is 400 g/mol. The highest BCUT2D eigenvalue weighted by Crippen LogP contribution is 2.35. The average molecular weight is 420 g/mol. The van der Waals surface area contributed by atoms with Crippen molar-refractivity contribution in [1.29, 1.82) is 0 Å². The number of hydrogen-bond acceptors (Lipinski definition) is 3. The maximum Gasteiger partial charge on any atom is 0.319 e. The van der Waals surface area contributed by atoms with E-state index in [-0.39, 0.29) is 22.9 Å². The quantitative estimate of drug-likeness (QED) is 0.560. The predicted octanol–water partition coefficient (Wildman–Crippen LogP) is 4.97. The van der Waals surface area contributed by atoms with Gasteiger partial charge in [0.25, 0.3) is 0 Å². The predicted molar refractivity (Wildman–Crippen MR) is 110 cm³/mol. The molecule has 2 aromatic carbocycles. The number of nitrogen functional groups attached to an aromatic ring is 1. The van der Waals surface area contributed by atoms with Gasteiger partial charge in [-0.3, -0.25) is 0 Å². The minimum absolute atomic E-state index is 0.0523. The standard InChI is InChI=1S/C20H20ClF2N5O/c1-20(2,3)26-19(29)25-17-16(11-4-6-12(21)7-5-11)27-28(18(17)24)15-10-13(22)8-9-14(15)23/h4-10H,24H2,1-3H3,(H2,25,26,29). The summed E-state index contributed by atoms with van der Waals surface area (Å²) >= 11 is 5.95. The van der Waals surface area contributed by atoms with Crippen molar-refractivity contribution in [3.63, 3.8) is 0 Å². The van der Waals surface area contributed by atoms with Gasteiger partial charge >= 0.3 is 6.03 Å². The second kappa shape index (κ2) is 7.71. The van der Waals surface area contributed by atoms with Gasteiger partial charge in [0.05, 0.1) is 0 Å². The molecule has 0 saturated heterocycles. The molecule has 152 valence electrons. The molecule has 4 N–H and O–H groups in total. The number of aromatic nitrogens is 2. The number of anilines is 2. The highest BCUT2D eigenvalue weighted by molar-refractivity contribution is 6.30. The van der Waals surface area contributed by atoms with Gasteiger partial charge < -0.3 is 16.4 Å². The van der Waals surface area contributed by atoms with Gasteiger partial charge in [-0.15, -0.1) is 0 Å². The van der Waals surface area contributed by atoms with E-state index in [0.29, 0.717) is 10.6 Å². The zero-order valence-corrected chi connectivity index (χ0v) is 16.8. The molecule has 0 atom stereocenters. The minimum atomic E-state index is -0.714. The van der Waals surface area contributed by atoms with Crippen LogP contribution in [0.1, 0.15) is 20.8 Å². The molecule has 0 bridgehead atoms. The zero-order chi connectivity index (χ0) is 21.3. The molecule has 2 amide bonds. The fourth-order valence-corrected chi connectivity index (χ4v) is 2.81. The van der Waals surface area contributed by atoms with Crippen LogP contribution < -0.4 is 16.4 Å². The monoisotopic (exact) mass is 419 g/mol. The first-order valence-electron chi connectivity index (χ1n) is 8.74. The van der Waals surface area contributed by atoms with E-state index in [4.69, 9.17) is 17.3 Å². The Bertz CT molecular complexity index is 1060. The molecule has 0 radical (unpaired) electrons. The van der Waals surface area contributed by atoms with Crippen LogP contribution in [-0.2, 0) is 0 Å². The van der Waals surface area contributed by atoms with Crippen molar-refractivity contribution >= 4 is 29.1 Å². The van der Waals surface area contributed by atoms with E-state index in [9.17, 15) is 13.6 Å². The summed E-state index contributed by atoms with van der Waals surface area (Å²) in [6.45, 7) is 5.46. The van der Waals surface area contributed by atoms with Gasteiger partial charge in [0.2, 0.25) is 0 Å². The second-order valence-corrected chi connectivity index (χ2v) is 7.89. The van der Waals surface area contributed by atoms with Crippen LogP contribution in [0, 0.1) is 11.6 Å². The van der Waals surface area contributed by atoms with Crippen LogP contribution >= 0.6 is 11.6 Å². The van der Waals surface area contributed by atoms with Crippen LogP contribution in [0.4, 0.5) is 25.1 Å². The van der Waals surface area contributed by atoms with Crippen LogP contribution in [0.25, 0.3) is 16.9 Å². The lowest BCUT2D eigenvalue weighted by Crippen LogP contribution is -2.43. The van der Waals surface area contributed by atoms with E-state index in [2.05, 4.69) is 15.7 Å². The lowest BCUT2D eigenvalue weighted by atomic mass is 10.1. The van der Waals surface area contributed by atoms with Crippen LogP contribution in [0.3, 0.4) is 0 Å². The van der Waals surface area contributed by atoms with Gasteiger partial charge in [-0.25, -0.2) is 18.3 Å². The molecule has 0 saturated carbocycles. The van der Waals surface area contributed by atoms with Crippen molar-refractivity contribution in [2.24, 2.45) is 0 Å². The maximum absolute atomic E-state index is 14.3. The van der Waals surface area contributed by atoms with Gasteiger partial charge in [0, 0.05) is 22.2 Å². The van der Waals surface area contributed by atoms with Gasteiger partial charge in [-0.2, -0.15) is 5.10 Å². The van der Waals surface area contributed by atoms with Gasteiger partial charge in [-0.05, 0) is 45.0 Å². The average Bonchev–Trinajstić information content (AvgIpc) is 2.93. The third-order valence-corrected chi connectivity index (χ3v) is 4.15. The third kappa shape index (κ3) is 4.65. The highest BCUT2D eigenvalue weighted by atomic mass is 35.5. The number of benzene rings is 2. The van der Waals surface area contributed by atoms with Crippen molar-refractivity contribution in [3.05, 3.63) is 59.1 Å². The van der Waals surface area contributed by atoms with Crippen LogP contribution in [-0.4, -0.2) is 21.4 Å². The number of nitrogens with zero attached hydrogens (tertiary/aromatic N) is 2. The number of nitrogens with two attached hydrogens (primary N) is 1. The minimum Gasteiger partial charge on any atom is -0.382 e. The molecule has 1 heterocycles. The first kappa shape index (κ1) is 20.6. The molecule has 0 unspecified atom stereocenters. The number of halogens is 3. The fraction of sp³-hybridized carbons (Fsp3) is 0.200. The summed E-state index contributed by atoms with van der Waals surface area (Å²) in [4.78, 5) is 12.4. The zero-order valence-electron chi connectivity index (χ0n) is 16.1. The summed E-state index contributed by atoms with van der Waals surface area (Å²) in [5.41, 5.74) is 6.54. The fourth-order valence-electron chi connectivity index (χ4n) is 2.68. The van der Waals surface area contributed by atoms with Crippen LogP contribution in [0.15, 0.2) is 42.5 Å². The Kier molecular flexibility index (Phi) is 5.48. The SMILES string of the molecule is CC(C)(C)NC(=O)Nc1c(-c2ccc(Cl)cc2)nn(-c2cc(F)ccc2F)c1N. The lowest BCUT2D eigenvalue weighted by molar-refractivity contribution is 0.244. The third-order valence-electron chi connectivity index (χ3n) is 3.90. The maximum atomic E-state index is 14.3. The Labute approximate surface area is 171 Å².